The first kappa shape index (κ1) is 18.6. The van der Waals surface area contributed by atoms with Gasteiger partial charge in [0.05, 0.1) is 18.6 Å². The smallest absolute Gasteiger partial charge is 0.233 e. The first-order valence-corrected chi connectivity index (χ1v) is 9.76. The highest BCUT2D eigenvalue weighted by atomic mass is 16.5. The van der Waals surface area contributed by atoms with Gasteiger partial charge in [0.1, 0.15) is 6.33 Å². The summed E-state index contributed by atoms with van der Waals surface area (Å²) in [5.41, 5.74) is 2.71. The summed E-state index contributed by atoms with van der Waals surface area (Å²) >= 11 is 0. The fourth-order valence-electron chi connectivity index (χ4n) is 3.48. The van der Waals surface area contributed by atoms with Crippen LogP contribution in [0.15, 0.2) is 24.8 Å². The summed E-state index contributed by atoms with van der Waals surface area (Å²) in [7, 11) is 1.95. The standard InChI is InChI=1S/C20H27N7O/c1-20(2,3)15-5-6-16(25-24-15)28-11-14-7-9-27(10-8-14)19-17-18(21-12-22-19)26(4)13-23-17/h5-6,12-14H,7-11H2,1-4H3. The van der Waals surface area contributed by atoms with E-state index in [2.05, 4.69) is 50.8 Å². The number of piperidine rings is 1. The van der Waals surface area contributed by atoms with Crippen LogP contribution in [-0.4, -0.2) is 49.4 Å². The van der Waals surface area contributed by atoms with E-state index in [-0.39, 0.29) is 5.41 Å². The zero-order valence-electron chi connectivity index (χ0n) is 17.0. The quantitative estimate of drug-likeness (QED) is 0.687. The van der Waals surface area contributed by atoms with Crippen LogP contribution < -0.4 is 9.64 Å². The van der Waals surface area contributed by atoms with Crippen LogP contribution in [0.1, 0.15) is 39.3 Å². The Labute approximate surface area is 165 Å². The molecule has 1 fully saturated rings. The molecule has 0 unspecified atom stereocenters. The van der Waals surface area contributed by atoms with E-state index in [9.17, 15) is 0 Å². The molecule has 0 radical (unpaired) electrons. The van der Waals surface area contributed by atoms with Crippen molar-refractivity contribution in [3.8, 4) is 5.88 Å². The van der Waals surface area contributed by atoms with E-state index in [0.29, 0.717) is 18.4 Å². The first-order valence-electron chi connectivity index (χ1n) is 9.76. The van der Waals surface area contributed by atoms with Crippen LogP contribution in [0.25, 0.3) is 11.2 Å². The number of anilines is 1. The molecular weight excluding hydrogens is 354 g/mol. The summed E-state index contributed by atoms with van der Waals surface area (Å²) in [6.45, 7) is 8.92. The van der Waals surface area contributed by atoms with E-state index in [4.69, 9.17) is 4.74 Å². The number of hydrogen-bond acceptors (Lipinski definition) is 7. The Hall–Kier alpha value is -2.77. The minimum absolute atomic E-state index is 0.00161. The Kier molecular flexibility index (Phi) is 4.87. The topological polar surface area (TPSA) is 81.9 Å². The van der Waals surface area contributed by atoms with Gasteiger partial charge in [0.15, 0.2) is 17.0 Å². The van der Waals surface area contributed by atoms with Crippen molar-refractivity contribution in [2.45, 2.75) is 39.0 Å². The van der Waals surface area contributed by atoms with Crippen molar-refractivity contribution < 1.29 is 4.74 Å². The van der Waals surface area contributed by atoms with Gasteiger partial charge >= 0.3 is 0 Å². The lowest BCUT2D eigenvalue weighted by molar-refractivity contribution is 0.213. The largest absolute Gasteiger partial charge is 0.476 e. The van der Waals surface area contributed by atoms with Crippen molar-refractivity contribution >= 4 is 17.0 Å². The zero-order valence-corrected chi connectivity index (χ0v) is 17.0. The lowest BCUT2D eigenvalue weighted by atomic mass is 9.92. The Morgan fingerprint density at radius 3 is 2.54 bits per heavy atom. The summed E-state index contributed by atoms with van der Waals surface area (Å²) in [6, 6.07) is 3.92. The minimum Gasteiger partial charge on any atom is -0.476 e. The van der Waals surface area contributed by atoms with Crippen molar-refractivity contribution in [2.24, 2.45) is 13.0 Å². The Balaban J connectivity index is 1.33. The number of hydrogen-bond donors (Lipinski definition) is 0. The van der Waals surface area contributed by atoms with Gasteiger partial charge in [0.25, 0.3) is 0 Å². The second-order valence-electron chi connectivity index (χ2n) is 8.47. The normalized spacial score (nSPS) is 15.9. The van der Waals surface area contributed by atoms with Gasteiger partial charge in [-0.25, -0.2) is 15.0 Å². The van der Waals surface area contributed by atoms with Crippen LogP contribution in [0.2, 0.25) is 0 Å². The molecule has 1 saturated heterocycles. The molecule has 0 amide bonds. The SMILES string of the molecule is Cn1cnc2c(N3CCC(COc4ccc(C(C)(C)C)nn4)CC3)ncnc21. The summed E-state index contributed by atoms with van der Waals surface area (Å²) in [6.07, 6.45) is 5.50. The van der Waals surface area contributed by atoms with E-state index >= 15 is 0 Å². The molecule has 0 N–H and O–H groups in total. The maximum absolute atomic E-state index is 5.89. The monoisotopic (exact) mass is 381 g/mol. The second-order valence-corrected chi connectivity index (χ2v) is 8.47. The number of fused-ring (bicyclic) bond motifs is 1. The minimum atomic E-state index is -0.00161. The third-order valence-electron chi connectivity index (χ3n) is 5.27. The maximum Gasteiger partial charge on any atom is 0.233 e. The molecule has 8 nitrogen and oxygen atoms in total. The van der Waals surface area contributed by atoms with E-state index in [1.807, 2.05) is 23.7 Å². The van der Waals surface area contributed by atoms with Gasteiger partial charge in [-0.2, -0.15) is 5.10 Å². The van der Waals surface area contributed by atoms with Crippen molar-refractivity contribution in [1.29, 1.82) is 0 Å². The van der Waals surface area contributed by atoms with Crippen molar-refractivity contribution in [2.75, 3.05) is 24.6 Å². The lowest BCUT2D eigenvalue weighted by Gasteiger charge is -2.32. The Morgan fingerprint density at radius 2 is 1.86 bits per heavy atom. The molecule has 8 heteroatoms. The van der Waals surface area contributed by atoms with Crippen LogP contribution in [0.3, 0.4) is 0 Å². The zero-order chi connectivity index (χ0) is 19.7. The summed E-state index contributed by atoms with van der Waals surface area (Å²) < 4.78 is 7.82. The van der Waals surface area contributed by atoms with Crippen LogP contribution >= 0.6 is 0 Å². The highest BCUT2D eigenvalue weighted by molar-refractivity contribution is 5.83. The summed E-state index contributed by atoms with van der Waals surface area (Å²) in [4.78, 5) is 15.6. The predicted molar refractivity (Wildman–Crippen MR) is 107 cm³/mol. The Morgan fingerprint density at radius 1 is 1.07 bits per heavy atom. The number of nitrogens with zero attached hydrogens (tertiary/aromatic N) is 7. The predicted octanol–water partition coefficient (Wildman–Crippen LogP) is 2.75. The molecule has 0 spiro atoms. The van der Waals surface area contributed by atoms with Gasteiger partial charge in [-0.1, -0.05) is 20.8 Å². The molecule has 148 valence electrons. The molecule has 1 aliphatic rings. The van der Waals surface area contributed by atoms with Gasteiger partial charge in [0.2, 0.25) is 5.88 Å². The number of rotatable bonds is 4. The molecule has 0 saturated carbocycles. The van der Waals surface area contributed by atoms with E-state index < -0.39 is 0 Å². The van der Waals surface area contributed by atoms with Crippen molar-refractivity contribution in [1.82, 2.24) is 29.7 Å². The van der Waals surface area contributed by atoms with Gasteiger partial charge in [-0.3, -0.25) is 0 Å². The van der Waals surface area contributed by atoms with Crippen molar-refractivity contribution in [3.05, 3.63) is 30.5 Å². The maximum atomic E-state index is 5.89. The molecule has 4 rings (SSSR count). The molecule has 0 aromatic carbocycles. The van der Waals surface area contributed by atoms with Gasteiger partial charge < -0.3 is 14.2 Å². The lowest BCUT2D eigenvalue weighted by Crippen LogP contribution is -2.36. The van der Waals surface area contributed by atoms with Crippen LogP contribution in [0.5, 0.6) is 5.88 Å². The number of aromatic nitrogens is 6. The molecular formula is C20H27N7O. The van der Waals surface area contributed by atoms with E-state index in [1.165, 1.54) is 0 Å². The number of aryl methyl sites for hydroxylation is 1. The van der Waals surface area contributed by atoms with E-state index in [0.717, 1.165) is 48.6 Å². The highest BCUT2D eigenvalue weighted by Gasteiger charge is 2.23. The number of ether oxygens (including phenoxy) is 1. The average Bonchev–Trinajstić information content (AvgIpc) is 3.08. The van der Waals surface area contributed by atoms with Crippen LogP contribution in [-0.2, 0) is 12.5 Å². The van der Waals surface area contributed by atoms with Gasteiger partial charge in [0, 0.05) is 31.6 Å². The van der Waals surface area contributed by atoms with Crippen molar-refractivity contribution in [3.63, 3.8) is 0 Å². The average molecular weight is 381 g/mol. The second kappa shape index (κ2) is 7.33. The molecule has 0 aliphatic carbocycles. The molecule has 28 heavy (non-hydrogen) atoms. The molecule has 3 aromatic rings. The molecule has 3 aromatic heterocycles. The summed E-state index contributed by atoms with van der Waals surface area (Å²) in [5.74, 6) is 2.02. The summed E-state index contributed by atoms with van der Waals surface area (Å²) in [5, 5.41) is 8.51. The fourth-order valence-corrected chi connectivity index (χ4v) is 3.48. The van der Waals surface area contributed by atoms with Gasteiger partial charge in [-0.15, -0.1) is 5.10 Å². The first-order chi connectivity index (χ1) is 13.4. The van der Waals surface area contributed by atoms with E-state index in [1.54, 1.807) is 12.7 Å². The molecule has 0 atom stereocenters. The third-order valence-corrected chi connectivity index (χ3v) is 5.27. The highest BCUT2D eigenvalue weighted by Crippen LogP contribution is 2.27. The Bertz CT molecular complexity index is 937. The molecule has 1 aliphatic heterocycles. The fraction of sp³-hybridized carbons (Fsp3) is 0.550. The molecule has 4 heterocycles. The number of imidazole rings is 1. The van der Waals surface area contributed by atoms with Crippen LogP contribution in [0.4, 0.5) is 5.82 Å². The van der Waals surface area contributed by atoms with Gasteiger partial charge in [-0.05, 0) is 24.8 Å². The van der Waals surface area contributed by atoms with Crippen LogP contribution in [0, 0.1) is 5.92 Å². The third kappa shape index (κ3) is 3.76. The molecule has 0 bridgehead atoms.